The lowest BCUT2D eigenvalue weighted by molar-refractivity contribution is 0.601. The Morgan fingerprint density at radius 3 is 2.86 bits per heavy atom. The third-order valence-corrected chi connectivity index (χ3v) is 3.00. The van der Waals surface area contributed by atoms with Gasteiger partial charge in [-0.2, -0.15) is 0 Å². The lowest BCUT2D eigenvalue weighted by Gasteiger charge is -2.16. The van der Waals surface area contributed by atoms with Gasteiger partial charge in [0.15, 0.2) is 0 Å². The van der Waals surface area contributed by atoms with E-state index in [0.29, 0.717) is 6.04 Å². The number of halogens is 1. The summed E-state index contributed by atoms with van der Waals surface area (Å²) < 4.78 is 1.16. The molecule has 2 heteroatoms. The summed E-state index contributed by atoms with van der Waals surface area (Å²) in [6.45, 7) is 5.88. The molecule has 1 aromatic rings. The maximum Gasteiger partial charge on any atom is 0.0363 e. The van der Waals surface area contributed by atoms with Crippen molar-refractivity contribution in [1.29, 1.82) is 0 Å². The molecule has 0 saturated heterocycles. The molecule has 0 aliphatic rings. The minimum atomic E-state index is 0.349. The van der Waals surface area contributed by atoms with Crippen molar-refractivity contribution >= 4 is 15.9 Å². The number of aryl methyl sites for hydroxylation is 1. The highest BCUT2D eigenvalue weighted by Crippen LogP contribution is 2.26. The number of hydrogen-bond donors (Lipinski definition) is 1. The van der Waals surface area contributed by atoms with Gasteiger partial charge in [0, 0.05) is 10.5 Å². The molecular formula is C12H16BrN. The smallest absolute Gasteiger partial charge is 0.0363 e. The van der Waals surface area contributed by atoms with Gasteiger partial charge in [0.25, 0.3) is 0 Å². The predicted molar refractivity (Wildman–Crippen MR) is 65.5 cm³/mol. The van der Waals surface area contributed by atoms with Crippen LogP contribution in [-0.4, -0.2) is 7.05 Å². The summed E-state index contributed by atoms with van der Waals surface area (Å²) in [4.78, 5) is 0. The Morgan fingerprint density at radius 2 is 2.29 bits per heavy atom. The van der Waals surface area contributed by atoms with Gasteiger partial charge in [-0.15, -0.1) is 6.58 Å². The fourth-order valence-electron chi connectivity index (χ4n) is 1.50. The van der Waals surface area contributed by atoms with Crippen LogP contribution in [0, 0.1) is 6.92 Å². The van der Waals surface area contributed by atoms with Gasteiger partial charge in [0.1, 0.15) is 0 Å². The highest BCUT2D eigenvalue weighted by molar-refractivity contribution is 9.10. The first-order valence-electron chi connectivity index (χ1n) is 4.73. The van der Waals surface area contributed by atoms with Gasteiger partial charge < -0.3 is 5.32 Å². The van der Waals surface area contributed by atoms with E-state index in [9.17, 15) is 0 Å². The van der Waals surface area contributed by atoms with E-state index in [-0.39, 0.29) is 0 Å². The molecule has 0 aliphatic carbocycles. The first kappa shape index (κ1) is 11.5. The van der Waals surface area contributed by atoms with Crippen molar-refractivity contribution in [2.45, 2.75) is 19.4 Å². The molecule has 0 heterocycles. The van der Waals surface area contributed by atoms with E-state index in [0.717, 1.165) is 10.9 Å². The first-order valence-corrected chi connectivity index (χ1v) is 5.52. The van der Waals surface area contributed by atoms with E-state index in [1.807, 2.05) is 13.1 Å². The van der Waals surface area contributed by atoms with Crippen molar-refractivity contribution in [2.24, 2.45) is 0 Å². The van der Waals surface area contributed by atoms with Crippen molar-refractivity contribution < 1.29 is 0 Å². The summed E-state index contributed by atoms with van der Waals surface area (Å²) in [6, 6.07) is 6.75. The minimum Gasteiger partial charge on any atom is -0.313 e. The second-order valence-corrected chi connectivity index (χ2v) is 4.24. The van der Waals surface area contributed by atoms with Crippen LogP contribution in [0.15, 0.2) is 35.3 Å². The molecule has 0 aliphatic heterocycles. The Balaban J connectivity index is 3.01. The van der Waals surface area contributed by atoms with Gasteiger partial charge in [0.2, 0.25) is 0 Å². The fraction of sp³-hybridized carbons (Fsp3) is 0.333. The average Bonchev–Trinajstić information content (AvgIpc) is 2.18. The standard InChI is InChI=1S/C12H16BrN/c1-4-5-12(14-3)10-8-9(2)6-7-11(10)13/h4,6-8,12,14H,1,5H2,2-3H3. The maximum atomic E-state index is 3.77. The van der Waals surface area contributed by atoms with Crippen LogP contribution in [-0.2, 0) is 0 Å². The maximum absolute atomic E-state index is 3.77. The van der Waals surface area contributed by atoms with Gasteiger partial charge in [-0.1, -0.05) is 39.7 Å². The normalized spacial score (nSPS) is 12.5. The van der Waals surface area contributed by atoms with E-state index in [1.54, 1.807) is 0 Å². The summed E-state index contributed by atoms with van der Waals surface area (Å²) in [6.07, 6.45) is 2.88. The van der Waals surface area contributed by atoms with Crippen LogP contribution >= 0.6 is 15.9 Å². The number of nitrogens with one attached hydrogen (secondary N) is 1. The minimum absolute atomic E-state index is 0.349. The lowest BCUT2D eigenvalue weighted by Crippen LogP contribution is -2.16. The SMILES string of the molecule is C=CCC(NC)c1cc(C)ccc1Br. The van der Waals surface area contributed by atoms with Crippen molar-refractivity contribution in [3.8, 4) is 0 Å². The Labute approximate surface area is 94.3 Å². The lowest BCUT2D eigenvalue weighted by atomic mass is 10.0. The van der Waals surface area contributed by atoms with Crippen molar-refractivity contribution in [3.05, 3.63) is 46.5 Å². The van der Waals surface area contributed by atoms with Crippen LogP contribution in [0.25, 0.3) is 0 Å². The zero-order valence-corrected chi connectivity index (χ0v) is 10.3. The highest BCUT2D eigenvalue weighted by Gasteiger charge is 2.10. The second kappa shape index (κ2) is 5.32. The quantitative estimate of drug-likeness (QED) is 0.809. The van der Waals surface area contributed by atoms with Crippen LogP contribution in [0.5, 0.6) is 0 Å². The third-order valence-electron chi connectivity index (χ3n) is 2.28. The Morgan fingerprint density at radius 1 is 1.57 bits per heavy atom. The second-order valence-electron chi connectivity index (χ2n) is 3.39. The molecule has 0 saturated carbocycles. The van der Waals surface area contributed by atoms with Gasteiger partial charge >= 0.3 is 0 Å². The zero-order valence-electron chi connectivity index (χ0n) is 8.68. The molecule has 1 unspecified atom stereocenters. The molecule has 0 bridgehead atoms. The van der Waals surface area contributed by atoms with Gasteiger partial charge in [0.05, 0.1) is 0 Å². The van der Waals surface area contributed by atoms with Crippen molar-refractivity contribution in [1.82, 2.24) is 5.32 Å². The Bertz CT molecular complexity index is 320. The molecule has 1 rings (SSSR count). The molecule has 1 atom stereocenters. The van der Waals surface area contributed by atoms with Crippen LogP contribution in [0.1, 0.15) is 23.6 Å². The van der Waals surface area contributed by atoms with E-state index < -0.39 is 0 Å². The molecular weight excluding hydrogens is 238 g/mol. The van der Waals surface area contributed by atoms with Crippen molar-refractivity contribution in [3.63, 3.8) is 0 Å². The zero-order chi connectivity index (χ0) is 10.6. The summed E-state index contributed by atoms with van der Waals surface area (Å²) in [7, 11) is 1.98. The molecule has 0 radical (unpaired) electrons. The molecule has 0 fully saturated rings. The average molecular weight is 254 g/mol. The number of rotatable bonds is 4. The molecule has 1 nitrogen and oxygen atoms in total. The summed E-state index contributed by atoms with van der Waals surface area (Å²) in [5, 5.41) is 3.29. The number of hydrogen-bond acceptors (Lipinski definition) is 1. The summed E-state index contributed by atoms with van der Waals surface area (Å²) in [5.41, 5.74) is 2.58. The monoisotopic (exact) mass is 253 g/mol. The Hall–Kier alpha value is -0.600. The topological polar surface area (TPSA) is 12.0 Å². The Kier molecular flexibility index (Phi) is 4.36. The molecule has 14 heavy (non-hydrogen) atoms. The molecule has 0 aromatic heterocycles. The van der Waals surface area contributed by atoms with Gasteiger partial charge in [-0.3, -0.25) is 0 Å². The molecule has 1 aromatic carbocycles. The van der Waals surface area contributed by atoms with Crippen LogP contribution in [0.3, 0.4) is 0 Å². The van der Waals surface area contributed by atoms with Gasteiger partial charge in [-0.25, -0.2) is 0 Å². The summed E-state index contributed by atoms with van der Waals surface area (Å²) >= 11 is 3.57. The van der Waals surface area contributed by atoms with E-state index in [4.69, 9.17) is 0 Å². The summed E-state index contributed by atoms with van der Waals surface area (Å²) in [5.74, 6) is 0. The van der Waals surface area contributed by atoms with Crippen LogP contribution in [0.2, 0.25) is 0 Å². The largest absolute Gasteiger partial charge is 0.313 e. The third kappa shape index (κ3) is 2.69. The number of benzene rings is 1. The molecule has 76 valence electrons. The molecule has 0 spiro atoms. The fourth-order valence-corrected chi connectivity index (χ4v) is 2.02. The predicted octanol–water partition coefficient (Wildman–Crippen LogP) is 3.59. The van der Waals surface area contributed by atoms with E-state index >= 15 is 0 Å². The van der Waals surface area contributed by atoms with Crippen molar-refractivity contribution in [2.75, 3.05) is 7.05 Å². The molecule has 1 N–H and O–H groups in total. The van der Waals surface area contributed by atoms with E-state index in [2.05, 4.69) is 52.9 Å². The van der Waals surface area contributed by atoms with Crippen LogP contribution in [0.4, 0.5) is 0 Å². The van der Waals surface area contributed by atoms with Gasteiger partial charge in [-0.05, 0) is 32.0 Å². The molecule has 0 amide bonds. The van der Waals surface area contributed by atoms with Crippen LogP contribution < -0.4 is 5.32 Å². The van der Waals surface area contributed by atoms with E-state index in [1.165, 1.54) is 11.1 Å². The highest BCUT2D eigenvalue weighted by atomic mass is 79.9. The first-order chi connectivity index (χ1) is 6.69.